The van der Waals surface area contributed by atoms with Gasteiger partial charge < -0.3 is 9.73 Å². The number of hydrogen-bond acceptors (Lipinski definition) is 5. The summed E-state index contributed by atoms with van der Waals surface area (Å²) in [6.07, 6.45) is 4.70. The molecule has 0 fully saturated rings. The molecule has 0 aliphatic rings. The minimum absolute atomic E-state index is 0.249. The van der Waals surface area contributed by atoms with Crippen LogP contribution < -0.4 is 5.32 Å². The maximum absolute atomic E-state index is 12.8. The summed E-state index contributed by atoms with van der Waals surface area (Å²) in [5, 5.41) is 12.5. The zero-order chi connectivity index (χ0) is 17.9. The average Bonchev–Trinajstić information content (AvgIpc) is 3.29. The summed E-state index contributed by atoms with van der Waals surface area (Å²) in [5.41, 5.74) is 1.46. The zero-order valence-electron chi connectivity index (χ0n) is 14.3. The van der Waals surface area contributed by atoms with Crippen LogP contribution in [0.25, 0.3) is 16.6 Å². The van der Waals surface area contributed by atoms with Gasteiger partial charge >= 0.3 is 0 Å². The summed E-state index contributed by atoms with van der Waals surface area (Å²) < 4.78 is 7.59. The standard InChI is InChI=1S/C19H18N4O2S/c1-26-11-9-14(18-22-21-17-8-4-5-10-23(17)18)20-19(24)16-12-13-6-2-3-7-15(13)25-16/h2-8,10,12,14H,9,11H2,1H3,(H,20,24). The Hall–Kier alpha value is -2.80. The fourth-order valence-corrected chi connectivity index (χ4v) is 3.39. The van der Waals surface area contributed by atoms with E-state index in [0.717, 1.165) is 29.0 Å². The molecule has 1 unspecified atom stereocenters. The van der Waals surface area contributed by atoms with Crippen LogP contribution in [0.3, 0.4) is 0 Å². The number of aromatic nitrogens is 3. The Balaban J connectivity index is 1.63. The number of para-hydroxylation sites is 1. The van der Waals surface area contributed by atoms with Gasteiger partial charge in [-0.1, -0.05) is 24.3 Å². The minimum atomic E-state index is -0.250. The number of furan rings is 1. The number of benzene rings is 1. The van der Waals surface area contributed by atoms with E-state index in [1.54, 1.807) is 17.8 Å². The summed E-state index contributed by atoms with van der Waals surface area (Å²) in [7, 11) is 0. The first-order valence-electron chi connectivity index (χ1n) is 8.34. The molecule has 4 aromatic rings. The summed E-state index contributed by atoms with van der Waals surface area (Å²) >= 11 is 1.73. The van der Waals surface area contributed by atoms with Crippen molar-refractivity contribution < 1.29 is 9.21 Å². The number of hydrogen-bond donors (Lipinski definition) is 1. The van der Waals surface area contributed by atoms with E-state index >= 15 is 0 Å². The third-order valence-electron chi connectivity index (χ3n) is 4.22. The molecule has 0 bridgehead atoms. The highest BCUT2D eigenvalue weighted by molar-refractivity contribution is 7.98. The third kappa shape index (κ3) is 3.17. The van der Waals surface area contributed by atoms with Crippen LogP contribution in [0.1, 0.15) is 28.8 Å². The molecule has 1 aromatic carbocycles. The SMILES string of the molecule is CSCCC(NC(=O)c1cc2ccccc2o1)c1nnc2ccccn12. The highest BCUT2D eigenvalue weighted by atomic mass is 32.2. The van der Waals surface area contributed by atoms with E-state index in [1.807, 2.05) is 59.3 Å². The third-order valence-corrected chi connectivity index (χ3v) is 4.86. The average molecular weight is 366 g/mol. The first kappa shape index (κ1) is 16.7. The molecule has 0 radical (unpaired) electrons. The van der Waals surface area contributed by atoms with Gasteiger partial charge in [-0.15, -0.1) is 10.2 Å². The predicted molar refractivity (Wildman–Crippen MR) is 102 cm³/mol. The van der Waals surface area contributed by atoms with Crippen LogP contribution in [-0.4, -0.2) is 32.5 Å². The first-order valence-corrected chi connectivity index (χ1v) is 9.73. The highest BCUT2D eigenvalue weighted by Gasteiger charge is 2.22. The van der Waals surface area contributed by atoms with Crippen molar-refractivity contribution >= 4 is 34.3 Å². The molecule has 1 amide bonds. The number of nitrogens with one attached hydrogen (secondary N) is 1. The van der Waals surface area contributed by atoms with Gasteiger partial charge in [0.05, 0.1) is 6.04 Å². The number of fused-ring (bicyclic) bond motifs is 2. The van der Waals surface area contributed by atoms with E-state index in [9.17, 15) is 4.79 Å². The lowest BCUT2D eigenvalue weighted by molar-refractivity contribution is 0.0908. The maximum atomic E-state index is 12.8. The second-order valence-corrected chi connectivity index (χ2v) is 6.93. The zero-order valence-corrected chi connectivity index (χ0v) is 15.1. The van der Waals surface area contributed by atoms with Crippen molar-refractivity contribution in [3.63, 3.8) is 0 Å². The van der Waals surface area contributed by atoms with Gasteiger partial charge in [-0.2, -0.15) is 11.8 Å². The number of nitrogens with zero attached hydrogens (tertiary/aromatic N) is 3. The number of pyridine rings is 1. The van der Waals surface area contributed by atoms with Gasteiger partial charge in [0, 0.05) is 11.6 Å². The molecule has 26 heavy (non-hydrogen) atoms. The Bertz CT molecular complexity index is 1020. The van der Waals surface area contributed by atoms with Crippen molar-refractivity contribution in [2.75, 3.05) is 12.0 Å². The molecule has 0 aliphatic carbocycles. The number of carbonyl (C=O) groups excluding carboxylic acids is 1. The van der Waals surface area contributed by atoms with Crippen LogP contribution >= 0.6 is 11.8 Å². The molecule has 1 N–H and O–H groups in total. The van der Waals surface area contributed by atoms with Crippen LogP contribution in [0.4, 0.5) is 0 Å². The van der Waals surface area contributed by atoms with E-state index in [4.69, 9.17) is 4.42 Å². The molecule has 6 nitrogen and oxygen atoms in total. The van der Waals surface area contributed by atoms with Crippen molar-refractivity contribution in [1.29, 1.82) is 0 Å². The van der Waals surface area contributed by atoms with E-state index in [1.165, 1.54) is 0 Å². The van der Waals surface area contributed by atoms with E-state index in [-0.39, 0.29) is 11.9 Å². The molecule has 3 heterocycles. The number of thioether (sulfide) groups is 1. The first-order chi connectivity index (χ1) is 12.8. The number of rotatable bonds is 6. The number of carbonyl (C=O) groups is 1. The predicted octanol–water partition coefficient (Wildman–Crippen LogP) is 3.70. The molecule has 0 spiro atoms. The fraction of sp³-hybridized carbons (Fsp3) is 0.211. The Labute approximate surface area is 154 Å². The van der Waals surface area contributed by atoms with Gasteiger partial charge in [0.15, 0.2) is 17.2 Å². The summed E-state index contributed by atoms with van der Waals surface area (Å²) in [5.74, 6) is 1.67. The topological polar surface area (TPSA) is 72.4 Å². The number of amides is 1. The molecule has 1 atom stereocenters. The van der Waals surface area contributed by atoms with Crippen LogP contribution in [0.2, 0.25) is 0 Å². The van der Waals surface area contributed by atoms with Crippen LogP contribution in [0, 0.1) is 0 Å². The van der Waals surface area contributed by atoms with Crippen LogP contribution in [0.15, 0.2) is 59.1 Å². The van der Waals surface area contributed by atoms with Crippen molar-refractivity contribution in [3.8, 4) is 0 Å². The van der Waals surface area contributed by atoms with Gasteiger partial charge in [-0.3, -0.25) is 9.20 Å². The molecule has 132 valence electrons. The second kappa shape index (κ2) is 7.21. The highest BCUT2D eigenvalue weighted by Crippen LogP contribution is 2.22. The normalized spacial score (nSPS) is 12.5. The largest absolute Gasteiger partial charge is 0.451 e. The molecular weight excluding hydrogens is 348 g/mol. The monoisotopic (exact) mass is 366 g/mol. The minimum Gasteiger partial charge on any atom is -0.451 e. The molecule has 0 aliphatic heterocycles. The lowest BCUT2D eigenvalue weighted by Gasteiger charge is -2.16. The van der Waals surface area contributed by atoms with Gasteiger partial charge in [0.1, 0.15) is 5.58 Å². The summed E-state index contributed by atoms with van der Waals surface area (Å²) in [6, 6.07) is 14.8. The van der Waals surface area contributed by atoms with E-state index in [0.29, 0.717) is 11.3 Å². The van der Waals surface area contributed by atoms with Gasteiger partial charge in [-0.25, -0.2) is 0 Å². The van der Waals surface area contributed by atoms with Gasteiger partial charge in [0.25, 0.3) is 5.91 Å². The molecular formula is C19H18N4O2S. The molecule has 3 aromatic heterocycles. The summed E-state index contributed by atoms with van der Waals surface area (Å²) in [6.45, 7) is 0. The molecule has 0 saturated heterocycles. The Morgan fingerprint density at radius 3 is 2.92 bits per heavy atom. The van der Waals surface area contributed by atoms with Crippen LogP contribution in [0.5, 0.6) is 0 Å². The quantitative estimate of drug-likeness (QED) is 0.563. The van der Waals surface area contributed by atoms with Crippen molar-refractivity contribution in [1.82, 2.24) is 19.9 Å². The Kier molecular flexibility index (Phi) is 4.62. The Morgan fingerprint density at radius 2 is 2.08 bits per heavy atom. The summed E-state index contributed by atoms with van der Waals surface area (Å²) in [4.78, 5) is 12.8. The second-order valence-electron chi connectivity index (χ2n) is 5.94. The van der Waals surface area contributed by atoms with E-state index < -0.39 is 0 Å². The van der Waals surface area contributed by atoms with Crippen molar-refractivity contribution in [2.45, 2.75) is 12.5 Å². The van der Waals surface area contributed by atoms with Crippen LogP contribution in [-0.2, 0) is 0 Å². The van der Waals surface area contributed by atoms with Gasteiger partial charge in [-0.05, 0) is 42.7 Å². The lowest BCUT2D eigenvalue weighted by Crippen LogP contribution is -2.30. The lowest BCUT2D eigenvalue weighted by atomic mass is 10.2. The maximum Gasteiger partial charge on any atom is 0.287 e. The fourth-order valence-electron chi connectivity index (χ4n) is 2.92. The molecule has 0 saturated carbocycles. The van der Waals surface area contributed by atoms with Crippen molar-refractivity contribution in [2.24, 2.45) is 0 Å². The Morgan fingerprint density at radius 1 is 1.23 bits per heavy atom. The van der Waals surface area contributed by atoms with E-state index in [2.05, 4.69) is 15.5 Å². The molecule has 4 rings (SSSR count). The smallest absolute Gasteiger partial charge is 0.287 e. The van der Waals surface area contributed by atoms with Gasteiger partial charge in [0.2, 0.25) is 0 Å². The molecule has 7 heteroatoms. The van der Waals surface area contributed by atoms with Crippen molar-refractivity contribution in [3.05, 3.63) is 66.3 Å².